The van der Waals surface area contributed by atoms with E-state index in [1.807, 2.05) is 13.0 Å². The number of aromatic nitrogens is 3. The van der Waals surface area contributed by atoms with Crippen LogP contribution in [-0.2, 0) is 4.79 Å². The number of anilines is 1. The summed E-state index contributed by atoms with van der Waals surface area (Å²) in [5, 5.41) is 7.88. The van der Waals surface area contributed by atoms with Gasteiger partial charge in [-0.3, -0.25) is 4.79 Å². The van der Waals surface area contributed by atoms with Crippen LogP contribution in [0, 0.1) is 13.8 Å². The number of halogens is 1. The zero-order valence-corrected chi connectivity index (χ0v) is 16.5. The highest BCUT2D eigenvalue weighted by atomic mass is 35.5. The number of methoxy groups -OCH3 is 1. The summed E-state index contributed by atoms with van der Waals surface area (Å²) < 4.78 is 10.4. The van der Waals surface area contributed by atoms with Crippen LogP contribution < -0.4 is 10.1 Å². The number of amides is 1. The molecule has 1 aromatic carbocycles. The highest BCUT2D eigenvalue weighted by molar-refractivity contribution is 7.99. The lowest BCUT2D eigenvalue weighted by Crippen LogP contribution is -2.15. The van der Waals surface area contributed by atoms with E-state index in [1.54, 1.807) is 31.3 Å². The lowest BCUT2D eigenvalue weighted by Gasteiger charge is -2.12. The van der Waals surface area contributed by atoms with Gasteiger partial charge in [-0.15, -0.1) is 0 Å². The zero-order chi connectivity index (χ0) is 19.4. The Morgan fingerprint density at radius 2 is 2.15 bits per heavy atom. The number of hydrogen-bond donors (Lipinski definition) is 1. The van der Waals surface area contributed by atoms with Crippen LogP contribution in [0.3, 0.4) is 0 Å². The maximum atomic E-state index is 12.3. The third kappa shape index (κ3) is 4.78. The van der Waals surface area contributed by atoms with E-state index in [4.69, 9.17) is 20.9 Å². The van der Waals surface area contributed by atoms with Crippen molar-refractivity contribution in [3.8, 4) is 17.2 Å². The van der Waals surface area contributed by atoms with Crippen LogP contribution in [0.15, 0.2) is 40.0 Å². The minimum Gasteiger partial charge on any atom is -0.495 e. The fourth-order valence-corrected chi connectivity index (χ4v) is 3.06. The molecule has 140 valence electrons. The molecular formula is C18H17ClN4O3S. The molecule has 0 aliphatic heterocycles. The minimum absolute atomic E-state index is 0.168. The first-order valence-electron chi connectivity index (χ1n) is 8.00. The molecule has 0 radical (unpaired) electrons. The minimum atomic E-state index is -0.168. The first kappa shape index (κ1) is 19.2. The second-order valence-corrected chi connectivity index (χ2v) is 7.07. The Morgan fingerprint density at radius 3 is 2.78 bits per heavy atom. The average Bonchev–Trinajstić information content (AvgIpc) is 3.09. The van der Waals surface area contributed by atoms with Crippen molar-refractivity contribution in [3.05, 3.63) is 46.9 Å². The van der Waals surface area contributed by atoms with E-state index >= 15 is 0 Å². The van der Waals surface area contributed by atoms with Crippen LogP contribution in [0.25, 0.3) is 11.5 Å². The van der Waals surface area contributed by atoms with Gasteiger partial charge in [0.05, 0.1) is 29.1 Å². The molecule has 0 saturated heterocycles. The summed E-state index contributed by atoms with van der Waals surface area (Å²) in [4.78, 5) is 20.7. The van der Waals surface area contributed by atoms with E-state index in [0.29, 0.717) is 33.2 Å². The number of carbonyl (C=O) groups excluding carboxylic acids is 1. The third-order valence-corrected chi connectivity index (χ3v) is 4.97. The number of pyridine rings is 1. The van der Waals surface area contributed by atoms with Crippen molar-refractivity contribution in [2.75, 3.05) is 18.2 Å². The summed E-state index contributed by atoms with van der Waals surface area (Å²) in [6.07, 6.45) is 1.64. The fraction of sp³-hybridized carbons (Fsp3) is 0.222. The summed E-state index contributed by atoms with van der Waals surface area (Å²) in [5.41, 5.74) is 2.17. The fourth-order valence-electron chi connectivity index (χ4n) is 2.26. The first-order valence-corrected chi connectivity index (χ1v) is 9.36. The molecule has 0 aliphatic rings. The smallest absolute Gasteiger partial charge is 0.259 e. The number of benzene rings is 1. The predicted octanol–water partition coefficient (Wildman–Crippen LogP) is 4.14. The van der Waals surface area contributed by atoms with E-state index in [9.17, 15) is 4.79 Å². The molecule has 9 heteroatoms. The molecule has 2 heterocycles. The summed E-state index contributed by atoms with van der Waals surface area (Å²) >= 11 is 7.40. The van der Waals surface area contributed by atoms with E-state index in [-0.39, 0.29) is 11.7 Å². The molecule has 0 aliphatic carbocycles. The van der Waals surface area contributed by atoms with E-state index in [2.05, 4.69) is 20.4 Å². The van der Waals surface area contributed by atoms with Crippen LogP contribution in [0.1, 0.15) is 11.4 Å². The standard InChI is InChI=1S/C18H17ClN4O3S/c1-10-6-14(15(25-3)7-13(10)19)22-16(24)9-27-17-5-4-12(8-20-17)18-21-11(2)23-26-18/h4-8H,9H2,1-3H3,(H,22,24). The Kier molecular flexibility index (Phi) is 5.98. The zero-order valence-electron chi connectivity index (χ0n) is 14.9. The Labute approximate surface area is 165 Å². The van der Waals surface area contributed by atoms with Crippen molar-refractivity contribution in [1.82, 2.24) is 15.1 Å². The van der Waals surface area contributed by atoms with Crippen LogP contribution in [0.5, 0.6) is 5.75 Å². The molecular weight excluding hydrogens is 388 g/mol. The lowest BCUT2D eigenvalue weighted by molar-refractivity contribution is -0.113. The molecule has 1 amide bonds. The number of nitrogens with one attached hydrogen (secondary N) is 1. The highest BCUT2D eigenvalue weighted by Gasteiger charge is 2.12. The van der Waals surface area contributed by atoms with Crippen LogP contribution in [0.4, 0.5) is 5.69 Å². The van der Waals surface area contributed by atoms with Crippen molar-refractivity contribution >= 4 is 35.0 Å². The normalized spacial score (nSPS) is 10.7. The van der Waals surface area contributed by atoms with Gasteiger partial charge < -0.3 is 14.6 Å². The first-order chi connectivity index (χ1) is 13.0. The van der Waals surface area contributed by atoms with Crippen molar-refractivity contribution in [1.29, 1.82) is 0 Å². The number of nitrogens with zero attached hydrogens (tertiary/aromatic N) is 3. The number of aryl methyl sites for hydroxylation is 2. The largest absolute Gasteiger partial charge is 0.495 e. The van der Waals surface area contributed by atoms with Gasteiger partial charge in [-0.25, -0.2) is 4.98 Å². The molecule has 1 N–H and O–H groups in total. The van der Waals surface area contributed by atoms with Crippen LogP contribution in [-0.4, -0.2) is 33.9 Å². The molecule has 0 bridgehead atoms. The van der Waals surface area contributed by atoms with Crippen molar-refractivity contribution in [2.24, 2.45) is 0 Å². The Hall–Kier alpha value is -2.58. The number of ether oxygens (including phenoxy) is 1. The van der Waals surface area contributed by atoms with Gasteiger partial charge in [0, 0.05) is 17.3 Å². The summed E-state index contributed by atoms with van der Waals surface area (Å²) in [6, 6.07) is 7.09. The van der Waals surface area contributed by atoms with Crippen molar-refractivity contribution in [3.63, 3.8) is 0 Å². The number of thioether (sulfide) groups is 1. The second kappa shape index (κ2) is 8.41. The van der Waals surface area contributed by atoms with Crippen molar-refractivity contribution in [2.45, 2.75) is 18.9 Å². The lowest BCUT2D eigenvalue weighted by atomic mass is 10.2. The highest BCUT2D eigenvalue weighted by Crippen LogP contribution is 2.31. The van der Waals surface area contributed by atoms with Gasteiger partial charge in [-0.2, -0.15) is 4.98 Å². The maximum Gasteiger partial charge on any atom is 0.259 e. The summed E-state index contributed by atoms with van der Waals surface area (Å²) in [6.45, 7) is 3.61. The van der Waals surface area contributed by atoms with Gasteiger partial charge in [-0.1, -0.05) is 28.5 Å². The second-order valence-electron chi connectivity index (χ2n) is 5.67. The summed E-state index contributed by atoms with van der Waals surface area (Å²) in [5.74, 6) is 1.53. The van der Waals surface area contributed by atoms with Gasteiger partial charge >= 0.3 is 0 Å². The summed E-state index contributed by atoms with van der Waals surface area (Å²) in [7, 11) is 1.53. The van der Waals surface area contributed by atoms with E-state index in [1.165, 1.54) is 18.9 Å². The number of carbonyl (C=O) groups is 1. The quantitative estimate of drug-likeness (QED) is 0.617. The Morgan fingerprint density at radius 1 is 1.33 bits per heavy atom. The number of hydrogen-bond acceptors (Lipinski definition) is 7. The molecule has 0 atom stereocenters. The molecule has 0 saturated carbocycles. The molecule has 7 nitrogen and oxygen atoms in total. The molecule has 0 spiro atoms. The molecule has 0 fully saturated rings. The topological polar surface area (TPSA) is 90.1 Å². The van der Waals surface area contributed by atoms with Crippen LogP contribution in [0.2, 0.25) is 5.02 Å². The molecule has 3 aromatic rings. The number of rotatable bonds is 6. The van der Waals surface area contributed by atoms with Crippen molar-refractivity contribution < 1.29 is 14.1 Å². The average molecular weight is 405 g/mol. The third-order valence-electron chi connectivity index (χ3n) is 3.62. The Balaban J connectivity index is 1.60. The molecule has 27 heavy (non-hydrogen) atoms. The molecule has 3 rings (SSSR count). The predicted molar refractivity (Wildman–Crippen MR) is 104 cm³/mol. The van der Waals surface area contributed by atoms with Gasteiger partial charge in [0.2, 0.25) is 5.91 Å². The van der Waals surface area contributed by atoms with Gasteiger partial charge in [0.15, 0.2) is 5.82 Å². The molecule has 2 aromatic heterocycles. The van der Waals surface area contributed by atoms with Gasteiger partial charge in [0.1, 0.15) is 5.75 Å². The van der Waals surface area contributed by atoms with Gasteiger partial charge in [-0.05, 0) is 37.6 Å². The van der Waals surface area contributed by atoms with Crippen LogP contribution >= 0.6 is 23.4 Å². The Bertz CT molecular complexity index is 960. The molecule has 0 unspecified atom stereocenters. The maximum absolute atomic E-state index is 12.3. The van der Waals surface area contributed by atoms with E-state index < -0.39 is 0 Å². The SMILES string of the molecule is COc1cc(Cl)c(C)cc1NC(=O)CSc1ccc(-c2nc(C)no2)cn1. The van der Waals surface area contributed by atoms with Gasteiger partial charge in [0.25, 0.3) is 5.89 Å². The van der Waals surface area contributed by atoms with E-state index in [0.717, 1.165) is 11.1 Å². The monoisotopic (exact) mass is 404 g/mol.